The summed E-state index contributed by atoms with van der Waals surface area (Å²) >= 11 is 0. The summed E-state index contributed by atoms with van der Waals surface area (Å²) in [4.78, 5) is 22.4. The second-order valence-corrected chi connectivity index (χ2v) is 5.71. The molecule has 7 heteroatoms. The van der Waals surface area contributed by atoms with Crippen LogP contribution in [0.3, 0.4) is 0 Å². The second-order valence-electron chi connectivity index (χ2n) is 5.71. The van der Waals surface area contributed by atoms with E-state index in [0.29, 0.717) is 6.54 Å². The van der Waals surface area contributed by atoms with Gasteiger partial charge < -0.3 is 14.6 Å². The lowest BCUT2D eigenvalue weighted by atomic mass is 10.1. The van der Waals surface area contributed by atoms with E-state index < -0.39 is 0 Å². The van der Waals surface area contributed by atoms with Gasteiger partial charge in [-0.1, -0.05) is 6.07 Å². The SMILES string of the molecule is COCC(=O)NC[C@@H]1CN(Cc2cccnc2)Cc2cncn21. The summed E-state index contributed by atoms with van der Waals surface area (Å²) in [7, 11) is 1.52. The summed E-state index contributed by atoms with van der Waals surface area (Å²) in [5.41, 5.74) is 2.34. The Morgan fingerprint density at radius 2 is 2.35 bits per heavy atom. The quantitative estimate of drug-likeness (QED) is 0.845. The molecule has 0 unspecified atom stereocenters. The molecule has 1 aliphatic rings. The van der Waals surface area contributed by atoms with E-state index >= 15 is 0 Å². The molecule has 1 atom stereocenters. The van der Waals surface area contributed by atoms with E-state index in [9.17, 15) is 4.79 Å². The Morgan fingerprint density at radius 1 is 1.43 bits per heavy atom. The van der Waals surface area contributed by atoms with Gasteiger partial charge in [-0.05, 0) is 11.6 Å². The maximum atomic E-state index is 11.6. The molecule has 0 radical (unpaired) electrons. The molecule has 0 aromatic carbocycles. The van der Waals surface area contributed by atoms with Gasteiger partial charge in [0.25, 0.3) is 0 Å². The molecule has 1 amide bonds. The molecule has 3 heterocycles. The Kier molecular flexibility index (Phi) is 4.99. The number of imidazole rings is 1. The van der Waals surface area contributed by atoms with Gasteiger partial charge in [-0.25, -0.2) is 4.98 Å². The minimum absolute atomic E-state index is 0.0862. The molecule has 122 valence electrons. The molecule has 3 rings (SSSR count). The summed E-state index contributed by atoms with van der Waals surface area (Å²) in [5, 5.41) is 2.92. The molecule has 0 fully saturated rings. The van der Waals surface area contributed by atoms with Gasteiger partial charge in [0.05, 0.1) is 18.1 Å². The smallest absolute Gasteiger partial charge is 0.246 e. The summed E-state index contributed by atoms with van der Waals surface area (Å²) in [6, 6.07) is 4.19. The van der Waals surface area contributed by atoms with Crippen LogP contribution >= 0.6 is 0 Å². The van der Waals surface area contributed by atoms with Crippen molar-refractivity contribution >= 4 is 5.91 Å². The molecule has 23 heavy (non-hydrogen) atoms. The Balaban J connectivity index is 1.66. The van der Waals surface area contributed by atoms with Crippen molar-refractivity contribution in [3.8, 4) is 0 Å². The van der Waals surface area contributed by atoms with Crippen LogP contribution in [0.15, 0.2) is 37.1 Å². The molecule has 0 spiro atoms. The highest BCUT2D eigenvalue weighted by Gasteiger charge is 2.25. The zero-order chi connectivity index (χ0) is 16.1. The molecular weight excluding hydrogens is 294 g/mol. The third-order valence-corrected chi connectivity index (χ3v) is 3.93. The van der Waals surface area contributed by atoms with Crippen molar-refractivity contribution in [3.05, 3.63) is 48.3 Å². The van der Waals surface area contributed by atoms with Crippen LogP contribution in [0.25, 0.3) is 0 Å². The van der Waals surface area contributed by atoms with Crippen LogP contribution < -0.4 is 5.32 Å². The number of pyridine rings is 1. The average Bonchev–Trinajstić information content (AvgIpc) is 3.02. The van der Waals surface area contributed by atoms with Crippen LogP contribution in [0.2, 0.25) is 0 Å². The van der Waals surface area contributed by atoms with Crippen LogP contribution in [-0.4, -0.2) is 52.1 Å². The number of hydrogen-bond acceptors (Lipinski definition) is 5. The Labute approximate surface area is 135 Å². The second kappa shape index (κ2) is 7.34. The minimum atomic E-state index is -0.0986. The Bertz CT molecular complexity index is 643. The van der Waals surface area contributed by atoms with Gasteiger partial charge in [0.15, 0.2) is 0 Å². The fourth-order valence-electron chi connectivity index (χ4n) is 2.91. The fourth-order valence-corrected chi connectivity index (χ4v) is 2.91. The first-order chi connectivity index (χ1) is 11.3. The van der Waals surface area contributed by atoms with Gasteiger partial charge >= 0.3 is 0 Å². The van der Waals surface area contributed by atoms with Crippen LogP contribution in [0.5, 0.6) is 0 Å². The molecule has 1 aliphatic heterocycles. The number of ether oxygens (including phenoxy) is 1. The summed E-state index contributed by atoms with van der Waals surface area (Å²) in [6.45, 7) is 3.18. The maximum Gasteiger partial charge on any atom is 0.246 e. The predicted molar refractivity (Wildman–Crippen MR) is 84.5 cm³/mol. The molecule has 7 nitrogen and oxygen atoms in total. The van der Waals surface area contributed by atoms with Gasteiger partial charge in [-0.3, -0.25) is 14.7 Å². The van der Waals surface area contributed by atoms with Crippen LogP contribution in [0.1, 0.15) is 17.3 Å². The Hall–Kier alpha value is -2.25. The number of carbonyl (C=O) groups excluding carboxylic acids is 1. The number of aromatic nitrogens is 3. The van der Waals surface area contributed by atoms with Gasteiger partial charge in [0, 0.05) is 51.9 Å². The zero-order valence-corrected chi connectivity index (χ0v) is 13.2. The van der Waals surface area contributed by atoms with E-state index in [1.807, 2.05) is 24.8 Å². The van der Waals surface area contributed by atoms with Gasteiger partial charge in [0.1, 0.15) is 6.61 Å². The summed E-state index contributed by atoms with van der Waals surface area (Å²) in [6.07, 6.45) is 7.40. The lowest BCUT2D eigenvalue weighted by molar-refractivity contribution is -0.124. The first kappa shape index (κ1) is 15.6. The van der Waals surface area contributed by atoms with Crippen molar-refractivity contribution in [1.29, 1.82) is 0 Å². The van der Waals surface area contributed by atoms with E-state index in [0.717, 1.165) is 25.3 Å². The lowest BCUT2D eigenvalue weighted by Crippen LogP contribution is -2.42. The van der Waals surface area contributed by atoms with E-state index in [-0.39, 0.29) is 18.6 Å². The van der Waals surface area contributed by atoms with Crippen molar-refractivity contribution in [2.45, 2.75) is 19.1 Å². The normalized spacial score (nSPS) is 17.7. The molecule has 0 saturated heterocycles. The zero-order valence-electron chi connectivity index (χ0n) is 13.2. The molecule has 2 aromatic heterocycles. The standard InChI is InChI=1S/C16H21N5O2/c1-23-11-16(22)19-7-15-10-20(8-13-3-2-4-17-5-13)9-14-6-18-12-21(14)15/h2-6,12,15H,7-11H2,1H3,(H,19,22)/t15-/m1/s1. The van der Waals surface area contributed by atoms with E-state index in [1.165, 1.54) is 12.7 Å². The van der Waals surface area contributed by atoms with Crippen molar-refractivity contribution in [3.63, 3.8) is 0 Å². The highest BCUT2D eigenvalue weighted by molar-refractivity contribution is 5.77. The number of rotatable bonds is 6. The van der Waals surface area contributed by atoms with Gasteiger partial charge in [0.2, 0.25) is 5.91 Å². The average molecular weight is 315 g/mol. The van der Waals surface area contributed by atoms with Crippen molar-refractivity contribution in [1.82, 2.24) is 24.8 Å². The summed E-state index contributed by atoms with van der Waals surface area (Å²) < 4.78 is 7.00. The first-order valence-electron chi connectivity index (χ1n) is 7.64. The van der Waals surface area contributed by atoms with Crippen molar-refractivity contribution in [2.75, 3.05) is 26.8 Å². The maximum absolute atomic E-state index is 11.6. The van der Waals surface area contributed by atoms with E-state index in [4.69, 9.17) is 4.74 Å². The fraction of sp³-hybridized carbons (Fsp3) is 0.438. The largest absolute Gasteiger partial charge is 0.375 e. The number of fused-ring (bicyclic) bond motifs is 1. The number of nitrogens with zero attached hydrogens (tertiary/aromatic N) is 4. The van der Waals surface area contributed by atoms with Crippen molar-refractivity contribution < 1.29 is 9.53 Å². The molecular formula is C16H21N5O2. The molecule has 1 N–H and O–H groups in total. The molecule has 0 aliphatic carbocycles. The summed E-state index contributed by atoms with van der Waals surface area (Å²) in [5.74, 6) is -0.0986. The van der Waals surface area contributed by atoms with Crippen LogP contribution in [0, 0.1) is 0 Å². The molecule has 0 saturated carbocycles. The van der Waals surface area contributed by atoms with E-state index in [2.05, 4.69) is 30.8 Å². The van der Waals surface area contributed by atoms with Crippen molar-refractivity contribution in [2.24, 2.45) is 0 Å². The number of amides is 1. The third kappa shape index (κ3) is 3.94. The molecule has 0 bridgehead atoms. The first-order valence-corrected chi connectivity index (χ1v) is 7.64. The Morgan fingerprint density at radius 3 is 3.13 bits per heavy atom. The van der Waals surface area contributed by atoms with Crippen LogP contribution in [0.4, 0.5) is 0 Å². The third-order valence-electron chi connectivity index (χ3n) is 3.93. The van der Waals surface area contributed by atoms with Crippen LogP contribution in [-0.2, 0) is 22.6 Å². The number of hydrogen-bond donors (Lipinski definition) is 1. The lowest BCUT2D eigenvalue weighted by Gasteiger charge is -2.34. The minimum Gasteiger partial charge on any atom is -0.375 e. The molecule has 2 aromatic rings. The van der Waals surface area contributed by atoms with Gasteiger partial charge in [-0.15, -0.1) is 0 Å². The predicted octanol–water partition coefficient (Wildman–Crippen LogP) is 0.598. The highest BCUT2D eigenvalue weighted by Crippen LogP contribution is 2.21. The van der Waals surface area contributed by atoms with E-state index in [1.54, 1.807) is 6.20 Å². The monoisotopic (exact) mass is 315 g/mol. The topological polar surface area (TPSA) is 72.3 Å². The number of carbonyl (C=O) groups is 1. The number of methoxy groups -OCH3 is 1. The van der Waals surface area contributed by atoms with Gasteiger partial charge in [-0.2, -0.15) is 0 Å². The highest BCUT2D eigenvalue weighted by atomic mass is 16.5. The number of nitrogens with one attached hydrogen (secondary N) is 1.